The van der Waals surface area contributed by atoms with E-state index < -0.39 is 36.1 Å². The lowest BCUT2D eigenvalue weighted by atomic mass is 10.0. The van der Waals surface area contributed by atoms with Crippen LogP contribution in [-0.4, -0.2) is 12.5 Å². The van der Waals surface area contributed by atoms with Gasteiger partial charge in [-0.3, -0.25) is 0 Å². The van der Waals surface area contributed by atoms with Gasteiger partial charge in [0.05, 0.1) is 6.54 Å². The van der Waals surface area contributed by atoms with Gasteiger partial charge >= 0.3 is 0 Å². The number of hydrogen-bond acceptors (Lipinski definition) is 1. The molecule has 0 unspecified atom stereocenters. The van der Waals surface area contributed by atoms with E-state index in [0.717, 1.165) is 6.07 Å². The minimum absolute atomic E-state index is 0.138. The van der Waals surface area contributed by atoms with Crippen LogP contribution in [0.5, 0.6) is 0 Å². The number of rotatable bonds is 3. The van der Waals surface area contributed by atoms with Crippen LogP contribution in [0.25, 0.3) is 0 Å². The number of halogens is 4. The number of nitrogens with two attached hydrogens (primary N) is 1. The predicted octanol–water partition coefficient (Wildman–Crippen LogP) is 2.41. The van der Waals surface area contributed by atoms with Crippen LogP contribution < -0.4 is 5.73 Å². The van der Waals surface area contributed by atoms with Gasteiger partial charge in [-0.25, -0.2) is 17.6 Å². The van der Waals surface area contributed by atoms with Crippen LogP contribution in [-0.2, 0) is 6.42 Å². The molecule has 0 aromatic heterocycles. The fourth-order valence-electron chi connectivity index (χ4n) is 1.21. The fraction of sp³-hybridized carbons (Fsp3) is 0.400. The zero-order chi connectivity index (χ0) is 11.6. The summed E-state index contributed by atoms with van der Waals surface area (Å²) in [6.45, 7) is 0.457. The molecule has 0 aliphatic heterocycles. The second-order valence-corrected chi connectivity index (χ2v) is 3.39. The summed E-state index contributed by atoms with van der Waals surface area (Å²) >= 11 is 0. The summed E-state index contributed by atoms with van der Waals surface area (Å²) in [6.07, 6.45) is -1.01. The maximum atomic E-state index is 13.3. The van der Waals surface area contributed by atoms with Gasteiger partial charge in [0.15, 0.2) is 0 Å². The van der Waals surface area contributed by atoms with Gasteiger partial charge < -0.3 is 5.73 Å². The highest BCUT2D eigenvalue weighted by Gasteiger charge is 2.30. The Hall–Kier alpha value is -1.10. The first-order valence-electron chi connectivity index (χ1n) is 4.39. The van der Waals surface area contributed by atoms with E-state index in [2.05, 4.69) is 0 Å². The molecule has 0 atom stereocenters. The molecule has 1 aromatic rings. The molecule has 0 aliphatic carbocycles. The summed E-state index contributed by atoms with van der Waals surface area (Å²) in [6, 6.07) is 2.18. The summed E-state index contributed by atoms with van der Waals surface area (Å²) in [4.78, 5) is 0. The van der Waals surface area contributed by atoms with E-state index in [-0.39, 0.29) is 5.56 Å². The van der Waals surface area contributed by atoms with Crippen molar-refractivity contribution in [1.82, 2.24) is 0 Å². The van der Waals surface area contributed by atoms with Crippen molar-refractivity contribution in [3.8, 4) is 0 Å². The minimum Gasteiger partial charge on any atom is -0.325 e. The minimum atomic E-state index is -3.28. The number of benzene rings is 1. The van der Waals surface area contributed by atoms with Gasteiger partial charge in [0.25, 0.3) is 5.92 Å². The SMILES string of the molecule is Cc1ccc(F)c(CC(F)(F)CN)c1F. The van der Waals surface area contributed by atoms with Crippen molar-refractivity contribution in [3.63, 3.8) is 0 Å². The van der Waals surface area contributed by atoms with Gasteiger partial charge in [-0.05, 0) is 18.6 Å². The van der Waals surface area contributed by atoms with Crippen molar-refractivity contribution in [1.29, 1.82) is 0 Å². The first-order chi connectivity index (χ1) is 6.87. The maximum Gasteiger partial charge on any atom is 0.264 e. The van der Waals surface area contributed by atoms with Crippen molar-refractivity contribution < 1.29 is 17.6 Å². The lowest BCUT2D eigenvalue weighted by Gasteiger charge is -2.15. The fourth-order valence-corrected chi connectivity index (χ4v) is 1.21. The summed E-state index contributed by atoms with van der Waals surface area (Å²) in [5.41, 5.74) is 4.33. The Labute approximate surface area is 84.9 Å². The average Bonchev–Trinajstić information content (AvgIpc) is 2.19. The monoisotopic (exact) mass is 221 g/mol. The van der Waals surface area contributed by atoms with Crippen LogP contribution in [0.15, 0.2) is 12.1 Å². The van der Waals surface area contributed by atoms with E-state index in [1.807, 2.05) is 0 Å². The molecule has 0 radical (unpaired) electrons. The van der Waals surface area contributed by atoms with Crippen LogP contribution in [0.4, 0.5) is 17.6 Å². The molecule has 0 amide bonds. The van der Waals surface area contributed by atoms with Crippen LogP contribution in [0.1, 0.15) is 11.1 Å². The first-order valence-corrected chi connectivity index (χ1v) is 4.39. The second kappa shape index (κ2) is 4.18. The normalized spacial score (nSPS) is 11.9. The maximum absolute atomic E-state index is 13.3. The molecule has 5 heteroatoms. The zero-order valence-electron chi connectivity index (χ0n) is 8.16. The molecule has 0 bridgehead atoms. The Morgan fingerprint density at radius 1 is 1.27 bits per heavy atom. The van der Waals surface area contributed by atoms with Crippen LogP contribution in [0, 0.1) is 18.6 Å². The summed E-state index contributed by atoms with van der Waals surface area (Å²) < 4.78 is 52.1. The predicted molar refractivity (Wildman–Crippen MR) is 48.8 cm³/mol. The van der Waals surface area contributed by atoms with Crippen molar-refractivity contribution in [2.45, 2.75) is 19.3 Å². The second-order valence-electron chi connectivity index (χ2n) is 3.39. The Morgan fingerprint density at radius 2 is 1.87 bits per heavy atom. The van der Waals surface area contributed by atoms with Crippen molar-refractivity contribution in [2.24, 2.45) is 5.73 Å². The molecule has 15 heavy (non-hydrogen) atoms. The molecule has 0 heterocycles. The van der Waals surface area contributed by atoms with E-state index in [0.29, 0.717) is 0 Å². The quantitative estimate of drug-likeness (QED) is 0.779. The highest BCUT2D eigenvalue weighted by molar-refractivity contribution is 5.27. The van der Waals surface area contributed by atoms with Gasteiger partial charge in [-0.1, -0.05) is 6.07 Å². The van der Waals surface area contributed by atoms with E-state index in [9.17, 15) is 17.6 Å². The van der Waals surface area contributed by atoms with Crippen molar-refractivity contribution in [2.75, 3.05) is 6.54 Å². The summed E-state index contributed by atoms with van der Waals surface area (Å²) in [5, 5.41) is 0. The van der Waals surface area contributed by atoms with E-state index in [4.69, 9.17) is 5.73 Å². The van der Waals surface area contributed by atoms with Crippen molar-refractivity contribution >= 4 is 0 Å². The van der Waals surface area contributed by atoms with E-state index in [1.165, 1.54) is 13.0 Å². The van der Waals surface area contributed by atoms with Crippen molar-refractivity contribution in [3.05, 3.63) is 34.9 Å². The molecule has 0 fully saturated rings. The molecule has 0 spiro atoms. The molecule has 0 aliphatic rings. The molecule has 1 rings (SSSR count). The van der Waals surface area contributed by atoms with Gasteiger partial charge in [0.2, 0.25) is 0 Å². The van der Waals surface area contributed by atoms with Gasteiger partial charge in [0.1, 0.15) is 11.6 Å². The largest absolute Gasteiger partial charge is 0.325 e. The summed E-state index contributed by atoms with van der Waals surface area (Å²) in [5.74, 6) is -5.18. The van der Waals surface area contributed by atoms with E-state index in [1.54, 1.807) is 0 Å². The van der Waals surface area contributed by atoms with Gasteiger partial charge in [0, 0.05) is 12.0 Å². The van der Waals surface area contributed by atoms with Gasteiger partial charge in [-0.15, -0.1) is 0 Å². The smallest absolute Gasteiger partial charge is 0.264 e. The third kappa shape index (κ3) is 2.68. The Morgan fingerprint density at radius 3 is 2.40 bits per heavy atom. The summed E-state index contributed by atoms with van der Waals surface area (Å²) in [7, 11) is 0. The Bertz CT molecular complexity index is 363. The highest BCUT2D eigenvalue weighted by atomic mass is 19.3. The third-order valence-corrected chi connectivity index (χ3v) is 2.11. The topological polar surface area (TPSA) is 26.0 Å². The Balaban J connectivity index is 3.09. The lowest BCUT2D eigenvalue weighted by molar-refractivity contribution is 0.00978. The van der Waals surface area contributed by atoms with Crippen LogP contribution in [0.3, 0.4) is 0 Å². The number of hydrogen-bond donors (Lipinski definition) is 1. The molecular weight excluding hydrogens is 210 g/mol. The first kappa shape index (κ1) is 12.0. The van der Waals surface area contributed by atoms with Crippen LogP contribution in [0.2, 0.25) is 0 Å². The standard InChI is InChI=1S/C10H11F4N/c1-6-2-3-8(11)7(9(6)12)4-10(13,14)5-15/h2-3H,4-5,15H2,1H3. The van der Waals surface area contributed by atoms with Crippen LogP contribution >= 0.6 is 0 Å². The molecule has 0 saturated heterocycles. The molecule has 1 nitrogen and oxygen atoms in total. The van der Waals surface area contributed by atoms with E-state index >= 15 is 0 Å². The third-order valence-electron chi connectivity index (χ3n) is 2.11. The molecule has 0 saturated carbocycles. The number of aryl methyl sites for hydroxylation is 1. The van der Waals surface area contributed by atoms with Gasteiger partial charge in [-0.2, -0.15) is 0 Å². The molecule has 2 N–H and O–H groups in total. The molecule has 1 aromatic carbocycles. The lowest BCUT2D eigenvalue weighted by Crippen LogP contribution is -2.31. The molecular formula is C10H11F4N. The number of alkyl halides is 2. The highest BCUT2D eigenvalue weighted by Crippen LogP contribution is 2.24. The zero-order valence-corrected chi connectivity index (χ0v) is 8.16. The average molecular weight is 221 g/mol. The Kier molecular flexibility index (Phi) is 3.34. The molecule has 84 valence electrons.